The van der Waals surface area contributed by atoms with Crippen LogP contribution in [0.25, 0.3) is 11.0 Å². The van der Waals surface area contributed by atoms with Crippen molar-refractivity contribution >= 4 is 38.5 Å². The van der Waals surface area contributed by atoms with Crippen molar-refractivity contribution in [2.75, 3.05) is 25.2 Å². The van der Waals surface area contributed by atoms with Crippen LogP contribution in [0.2, 0.25) is 0 Å². The number of hydrogen-bond acceptors (Lipinski definition) is 6. The molecule has 0 aliphatic carbocycles. The van der Waals surface area contributed by atoms with Crippen molar-refractivity contribution < 1.29 is 23.4 Å². The van der Waals surface area contributed by atoms with Crippen molar-refractivity contribution in [3.63, 3.8) is 0 Å². The number of carbonyl (C=O) groups is 1. The first-order chi connectivity index (χ1) is 18.0. The molecule has 4 aromatic rings. The minimum atomic E-state index is -0.762. The highest BCUT2D eigenvalue weighted by Gasteiger charge is 2.44. The summed E-state index contributed by atoms with van der Waals surface area (Å²) in [4.78, 5) is 29.3. The molecule has 8 heteroatoms. The summed E-state index contributed by atoms with van der Waals surface area (Å²) in [6.07, 6.45) is 1.65. The van der Waals surface area contributed by atoms with Crippen LogP contribution in [0.5, 0.6) is 17.2 Å². The van der Waals surface area contributed by atoms with Gasteiger partial charge in [-0.3, -0.25) is 14.5 Å². The average molecular weight is 562 g/mol. The van der Waals surface area contributed by atoms with E-state index in [1.807, 2.05) is 13.0 Å². The van der Waals surface area contributed by atoms with E-state index in [0.29, 0.717) is 52.7 Å². The molecule has 3 aromatic carbocycles. The maximum Gasteiger partial charge on any atom is 0.295 e. The van der Waals surface area contributed by atoms with Gasteiger partial charge in [0.1, 0.15) is 17.9 Å². The van der Waals surface area contributed by atoms with E-state index in [-0.39, 0.29) is 16.8 Å². The van der Waals surface area contributed by atoms with E-state index in [1.54, 1.807) is 72.7 Å². The molecule has 37 heavy (non-hydrogen) atoms. The van der Waals surface area contributed by atoms with Crippen LogP contribution in [0.4, 0.5) is 5.69 Å². The molecular weight excluding hydrogens is 538 g/mol. The number of carbonyl (C=O) groups excluding carboxylic acids is 1. The van der Waals surface area contributed by atoms with Crippen LogP contribution in [0.15, 0.2) is 87.0 Å². The van der Waals surface area contributed by atoms with Gasteiger partial charge in [0.25, 0.3) is 5.91 Å². The zero-order chi connectivity index (χ0) is 26.1. The molecule has 1 aliphatic heterocycles. The summed E-state index contributed by atoms with van der Waals surface area (Å²) in [6, 6.07) is 16.9. The van der Waals surface area contributed by atoms with Gasteiger partial charge in [-0.15, -0.1) is 0 Å². The molecule has 0 bridgehead atoms. The van der Waals surface area contributed by atoms with E-state index in [0.717, 1.165) is 4.47 Å². The van der Waals surface area contributed by atoms with Crippen LogP contribution in [0.1, 0.15) is 34.6 Å². The van der Waals surface area contributed by atoms with Gasteiger partial charge < -0.3 is 18.6 Å². The Hall–Kier alpha value is -4.04. The van der Waals surface area contributed by atoms with E-state index in [1.165, 1.54) is 0 Å². The second-order valence-electron chi connectivity index (χ2n) is 8.33. The number of benzene rings is 3. The first-order valence-corrected chi connectivity index (χ1v) is 12.5. The van der Waals surface area contributed by atoms with Crippen LogP contribution >= 0.6 is 15.9 Å². The summed E-state index contributed by atoms with van der Waals surface area (Å²) in [5, 5.41) is 0.384. The number of rotatable bonds is 8. The van der Waals surface area contributed by atoms with Crippen LogP contribution in [0.3, 0.4) is 0 Å². The monoisotopic (exact) mass is 561 g/mol. The number of ether oxygens (including phenoxy) is 3. The Bertz CT molecular complexity index is 1580. The second kappa shape index (κ2) is 10.1. The van der Waals surface area contributed by atoms with Crippen molar-refractivity contribution in [3.8, 4) is 17.2 Å². The van der Waals surface area contributed by atoms with Crippen molar-refractivity contribution in [1.82, 2.24) is 0 Å². The molecule has 1 unspecified atom stereocenters. The van der Waals surface area contributed by atoms with Crippen LogP contribution in [-0.4, -0.2) is 26.2 Å². The lowest BCUT2D eigenvalue weighted by Crippen LogP contribution is -2.29. The summed E-state index contributed by atoms with van der Waals surface area (Å²) in [6.45, 7) is 6.29. The molecule has 5 rings (SSSR count). The van der Waals surface area contributed by atoms with E-state index < -0.39 is 11.9 Å². The van der Waals surface area contributed by atoms with Crippen molar-refractivity contribution in [2.45, 2.75) is 13.0 Å². The fraction of sp³-hybridized carbons (Fsp3) is 0.172. The smallest absolute Gasteiger partial charge is 0.295 e. The number of hydrogen-bond donors (Lipinski definition) is 0. The third kappa shape index (κ3) is 4.38. The van der Waals surface area contributed by atoms with Gasteiger partial charge in [-0.2, -0.15) is 0 Å². The predicted molar refractivity (Wildman–Crippen MR) is 145 cm³/mol. The number of nitrogens with zero attached hydrogens (tertiary/aromatic N) is 1. The van der Waals surface area contributed by atoms with Gasteiger partial charge in [0.2, 0.25) is 5.76 Å². The summed E-state index contributed by atoms with van der Waals surface area (Å²) in [7, 11) is 1.56. The Kier molecular flexibility index (Phi) is 6.76. The predicted octanol–water partition coefficient (Wildman–Crippen LogP) is 6.28. The van der Waals surface area contributed by atoms with Gasteiger partial charge in [0, 0.05) is 16.2 Å². The lowest BCUT2D eigenvalue weighted by Gasteiger charge is -2.26. The Morgan fingerprint density at radius 1 is 1.05 bits per heavy atom. The van der Waals surface area contributed by atoms with Crippen LogP contribution in [0, 0.1) is 0 Å². The van der Waals surface area contributed by atoms with Crippen molar-refractivity contribution in [1.29, 1.82) is 0 Å². The molecule has 1 atom stereocenters. The lowest BCUT2D eigenvalue weighted by atomic mass is 9.97. The van der Waals surface area contributed by atoms with Gasteiger partial charge in [-0.05, 0) is 55.0 Å². The largest absolute Gasteiger partial charge is 0.497 e. The maximum atomic E-state index is 13.9. The fourth-order valence-corrected chi connectivity index (χ4v) is 4.88. The molecule has 0 spiro atoms. The van der Waals surface area contributed by atoms with Gasteiger partial charge >= 0.3 is 0 Å². The second-order valence-corrected chi connectivity index (χ2v) is 9.25. The summed E-state index contributed by atoms with van der Waals surface area (Å²) < 4.78 is 23.8. The topological polar surface area (TPSA) is 78.2 Å². The number of halogens is 1. The number of anilines is 1. The van der Waals surface area contributed by atoms with E-state index in [4.69, 9.17) is 18.6 Å². The number of fused-ring (bicyclic) bond motifs is 2. The van der Waals surface area contributed by atoms with Gasteiger partial charge in [0.15, 0.2) is 16.9 Å². The van der Waals surface area contributed by atoms with Crippen molar-refractivity contribution in [2.24, 2.45) is 0 Å². The molecule has 1 aromatic heterocycles. The molecule has 188 valence electrons. The standard InChI is InChI=1S/C29H24BrNO6/c1-4-13-36-23-11-9-17(14-24(23)35-5-2)26-25-27(32)21-15-18(30)10-12-22(21)37-28(25)29(33)31(26)19-7-6-8-20(16-19)34-3/h4,6-12,14-16,26H,1,5,13H2,2-3H3. The van der Waals surface area contributed by atoms with Crippen LogP contribution in [-0.2, 0) is 0 Å². The quantitative estimate of drug-likeness (QED) is 0.236. The zero-order valence-electron chi connectivity index (χ0n) is 20.3. The first kappa shape index (κ1) is 24.6. The number of amides is 1. The Morgan fingerprint density at radius 2 is 1.89 bits per heavy atom. The van der Waals surface area contributed by atoms with E-state index >= 15 is 0 Å². The molecule has 0 saturated carbocycles. The molecule has 1 amide bonds. The molecule has 1 aliphatic rings. The van der Waals surface area contributed by atoms with Crippen molar-refractivity contribution in [3.05, 3.63) is 105 Å². The molecule has 0 N–H and O–H groups in total. The summed E-state index contributed by atoms with van der Waals surface area (Å²) in [5.41, 5.74) is 1.57. The summed E-state index contributed by atoms with van der Waals surface area (Å²) >= 11 is 3.43. The van der Waals surface area contributed by atoms with E-state index in [9.17, 15) is 9.59 Å². The third-order valence-corrected chi connectivity index (χ3v) is 6.60. The molecule has 0 saturated heterocycles. The minimum Gasteiger partial charge on any atom is -0.497 e. The maximum absolute atomic E-state index is 13.9. The highest BCUT2D eigenvalue weighted by molar-refractivity contribution is 9.10. The van der Waals surface area contributed by atoms with Gasteiger partial charge in [-0.1, -0.05) is 40.7 Å². The minimum absolute atomic E-state index is 0.0117. The Labute approximate surface area is 222 Å². The highest BCUT2D eigenvalue weighted by atomic mass is 79.9. The average Bonchev–Trinajstić information content (AvgIpc) is 3.21. The normalized spacial score (nSPS) is 14.5. The molecule has 0 fully saturated rings. The first-order valence-electron chi connectivity index (χ1n) is 11.7. The molecule has 0 radical (unpaired) electrons. The highest BCUT2D eigenvalue weighted by Crippen LogP contribution is 2.44. The van der Waals surface area contributed by atoms with Gasteiger partial charge in [-0.25, -0.2) is 0 Å². The zero-order valence-corrected chi connectivity index (χ0v) is 21.9. The Balaban J connectivity index is 1.76. The lowest BCUT2D eigenvalue weighted by molar-refractivity contribution is 0.0971. The molecule has 7 nitrogen and oxygen atoms in total. The van der Waals surface area contributed by atoms with Crippen LogP contribution < -0.4 is 24.5 Å². The molecule has 2 heterocycles. The fourth-order valence-electron chi connectivity index (χ4n) is 4.52. The Morgan fingerprint density at radius 3 is 2.65 bits per heavy atom. The SMILES string of the molecule is C=CCOc1ccc(C2c3c(oc4ccc(Br)cc4c3=O)C(=O)N2c2cccc(OC)c2)cc1OCC. The molecular formula is C29H24BrNO6. The summed E-state index contributed by atoms with van der Waals surface area (Å²) in [5.74, 6) is 1.22. The van der Waals surface area contributed by atoms with Gasteiger partial charge in [0.05, 0.1) is 30.7 Å². The van der Waals surface area contributed by atoms with E-state index in [2.05, 4.69) is 22.5 Å². The number of methoxy groups -OCH3 is 1. The third-order valence-electron chi connectivity index (χ3n) is 6.10.